The molecule has 0 aliphatic carbocycles. The number of likely N-dealkylation sites (tertiary alicyclic amines) is 1. The number of rotatable bonds is 3. The van der Waals surface area contributed by atoms with Crippen LogP contribution in [-0.4, -0.2) is 77.7 Å². The van der Waals surface area contributed by atoms with Gasteiger partial charge in [-0.1, -0.05) is 29.8 Å². The van der Waals surface area contributed by atoms with E-state index in [4.69, 9.17) is 4.74 Å². The molecule has 2 heterocycles. The standard InChI is InChI=1S/C18H28N2O3/c1-14-2-4-15(5-3-14)12-19-7-6-17(21)18(22)16(13-19)20-8-10-23-11-9-20/h2-5,16-18,21-22H,6-13H2,1H3/t16-,17-,18+/m1/s1. The lowest BCUT2D eigenvalue weighted by Crippen LogP contribution is -2.55. The summed E-state index contributed by atoms with van der Waals surface area (Å²) in [7, 11) is 0. The van der Waals surface area contributed by atoms with Crippen LogP contribution in [0.3, 0.4) is 0 Å². The number of aliphatic hydroxyl groups excluding tert-OH is 2. The minimum Gasteiger partial charge on any atom is -0.390 e. The molecule has 0 radical (unpaired) electrons. The highest BCUT2D eigenvalue weighted by molar-refractivity contribution is 5.21. The van der Waals surface area contributed by atoms with Crippen LogP contribution >= 0.6 is 0 Å². The largest absolute Gasteiger partial charge is 0.390 e. The summed E-state index contributed by atoms with van der Waals surface area (Å²) < 4.78 is 5.42. The van der Waals surface area contributed by atoms with E-state index in [2.05, 4.69) is 41.0 Å². The van der Waals surface area contributed by atoms with E-state index in [-0.39, 0.29) is 6.04 Å². The zero-order valence-electron chi connectivity index (χ0n) is 13.9. The topological polar surface area (TPSA) is 56.2 Å². The van der Waals surface area contributed by atoms with Gasteiger partial charge >= 0.3 is 0 Å². The van der Waals surface area contributed by atoms with Crippen LogP contribution in [0.4, 0.5) is 0 Å². The van der Waals surface area contributed by atoms with Gasteiger partial charge in [0.05, 0.1) is 31.5 Å². The van der Waals surface area contributed by atoms with Crippen molar-refractivity contribution in [3.63, 3.8) is 0 Å². The summed E-state index contributed by atoms with van der Waals surface area (Å²) in [5, 5.41) is 20.8. The lowest BCUT2D eigenvalue weighted by molar-refractivity contribution is -0.0618. The highest BCUT2D eigenvalue weighted by Crippen LogP contribution is 2.20. The zero-order chi connectivity index (χ0) is 16.2. The third-order valence-corrected chi connectivity index (χ3v) is 5.02. The monoisotopic (exact) mass is 320 g/mol. The third-order valence-electron chi connectivity index (χ3n) is 5.02. The van der Waals surface area contributed by atoms with Crippen molar-refractivity contribution in [2.45, 2.75) is 38.1 Å². The third kappa shape index (κ3) is 4.31. The lowest BCUT2D eigenvalue weighted by atomic mass is 10.0. The quantitative estimate of drug-likeness (QED) is 0.855. The van der Waals surface area contributed by atoms with Crippen LogP contribution in [0.15, 0.2) is 24.3 Å². The SMILES string of the molecule is Cc1ccc(CN2CC[C@@H](O)[C@@H](O)[C@H](N3CCOCC3)C2)cc1. The Morgan fingerprint density at radius 2 is 1.78 bits per heavy atom. The Kier molecular flexibility index (Phi) is 5.67. The van der Waals surface area contributed by atoms with E-state index in [9.17, 15) is 10.2 Å². The second-order valence-corrected chi connectivity index (χ2v) is 6.78. The fourth-order valence-corrected chi connectivity index (χ4v) is 3.54. The predicted octanol–water partition coefficient (Wildman–Crippen LogP) is 0.623. The van der Waals surface area contributed by atoms with Crippen molar-refractivity contribution >= 4 is 0 Å². The van der Waals surface area contributed by atoms with E-state index in [0.29, 0.717) is 19.6 Å². The van der Waals surface area contributed by atoms with Gasteiger partial charge in [-0.3, -0.25) is 9.80 Å². The van der Waals surface area contributed by atoms with Crippen molar-refractivity contribution in [1.29, 1.82) is 0 Å². The van der Waals surface area contributed by atoms with Crippen molar-refractivity contribution in [2.24, 2.45) is 0 Å². The average molecular weight is 320 g/mol. The first-order valence-corrected chi connectivity index (χ1v) is 8.59. The van der Waals surface area contributed by atoms with Crippen LogP contribution in [0.5, 0.6) is 0 Å². The second-order valence-electron chi connectivity index (χ2n) is 6.78. The Morgan fingerprint density at radius 1 is 1.09 bits per heavy atom. The van der Waals surface area contributed by atoms with E-state index >= 15 is 0 Å². The normalized spacial score (nSPS) is 31.0. The first kappa shape index (κ1) is 16.9. The number of hydrogen-bond donors (Lipinski definition) is 2. The summed E-state index contributed by atoms with van der Waals surface area (Å²) in [6.07, 6.45) is -0.713. The molecule has 1 aromatic carbocycles. The minimum atomic E-state index is -0.684. The van der Waals surface area contributed by atoms with Gasteiger partial charge in [-0.05, 0) is 18.9 Å². The lowest BCUT2D eigenvalue weighted by Gasteiger charge is -2.38. The van der Waals surface area contributed by atoms with Gasteiger partial charge in [-0.15, -0.1) is 0 Å². The second kappa shape index (κ2) is 7.73. The van der Waals surface area contributed by atoms with Gasteiger partial charge in [0.15, 0.2) is 0 Å². The molecular formula is C18H28N2O3. The van der Waals surface area contributed by atoms with Crippen molar-refractivity contribution in [3.05, 3.63) is 35.4 Å². The van der Waals surface area contributed by atoms with Crippen molar-refractivity contribution in [3.8, 4) is 0 Å². The summed E-state index contributed by atoms with van der Waals surface area (Å²) in [6, 6.07) is 8.57. The maximum absolute atomic E-state index is 10.5. The molecule has 0 saturated carbocycles. The summed E-state index contributed by atoms with van der Waals surface area (Å²) in [6.45, 7) is 7.62. The van der Waals surface area contributed by atoms with E-state index in [1.807, 2.05) is 0 Å². The molecule has 2 saturated heterocycles. The Hall–Kier alpha value is -0.980. The van der Waals surface area contributed by atoms with Crippen molar-refractivity contribution in [2.75, 3.05) is 39.4 Å². The summed E-state index contributed by atoms with van der Waals surface area (Å²) in [5.74, 6) is 0. The molecule has 0 bridgehead atoms. The molecule has 0 spiro atoms. The first-order valence-electron chi connectivity index (χ1n) is 8.59. The van der Waals surface area contributed by atoms with Crippen LogP contribution in [-0.2, 0) is 11.3 Å². The van der Waals surface area contributed by atoms with Gasteiger partial charge in [0.1, 0.15) is 0 Å². The van der Waals surface area contributed by atoms with Gasteiger partial charge in [0.2, 0.25) is 0 Å². The first-order chi connectivity index (χ1) is 11.1. The molecule has 3 atom stereocenters. The van der Waals surface area contributed by atoms with Crippen LogP contribution in [0.2, 0.25) is 0 Å². The molecule has 128 valence electrons. The molecule has 2 N–H and O–H groups in total. The maximum atomic E-state index is 10.5. The molecule has 5 nitrogen and oxygen atoms in total. The molecule has 23 heavy (non-hydrogen) atoms. The molecule has 2 fully saturated rings. The number of morpholine rings is 1. The Labute approximate surface area is 138 Å². The number of aliphatic hydroxyl groups is 2. The molecule has 0 amide bonds. The summed E-state index contributed by atoms with van der Waals surface area (Å²) in [4.78, 5) is 4.62. The average Bonchev–Trinajstić information content (AvgIpc) is 2.71. The molecule has 3 rings (SSSR count). The van der Waals surface area contributed by atoms with E-state index in [1.165, 1.54) is 11.1 Å². The summed E-state index contributed by atoms with van der Waals surface area (Å²) in [5.41, 5.74) is 2.55. The number of benzene rings is 1. The van der Waals surface area contributed by atoms with Crippen molar-refractivity contribution < 1.29 is 14.9 Å². The highest BCUT2D eigenvalue weighted by Gasteiger charge is 2.36. The smallest absolute Gasteiger partial charge is 0.0966 e. The molecular weight excluding hydrogens is 292 g/mol. The molecule has 1 aromatic rings. The van der Waals surface area contributed by atoms with E-state index in [1.54, 1.807) is 0 Å². The molecule has 0 unspecified atom stereocenters. The van der Waals surface area contributed by atoms with Gasteiger partial charge in [0.25, 0.3) is 0 Å². The van der Waals surface area contributed by atoms with Crippen LogP contribution in [0.1, 0.15) is 17.5 Å². The van der Waals surface area contributed by atoms with Crippen LogP contribution < -0.4 is 0 Å². The number of aryl methyl sites for hydroxylation is 1. The maximum Gasteiger partial charge on any atom is 0.0966 e. The number of nitrogens with zero attached hydrogens (tertiary/aromatic N) is 2. The fourth-order valence-electron chi connectivity index (χ4n) is 3.54. The minimum absolute atomic E-state index is 0.0261. The molecule has 2 aliphatic rings. The Balaban J connectivity index is 1.69. The van der Waals surface area contributed by atoms with Gasteiger partial charge < -0.3 is 14.9 Å². The van der Waals surface area contributed by atoms with E-state index < -0.39 is 12.2 Å². The zero-order valence-corrected chi connectivity index (χ0v) is 13.9. The Bertz CT molecular complexity index is 488. The molecule has 0 aromatic heterocycles. The highest BCUT2D eigenvalue weighted by atomic mass is 16.5. The summed E-state index contributed by atoms with van der Waals surface area (Å²) >= 11 is 0. The Morgan fingerprint density at radius 3 is 2.48 bits per heavy atom. The predicted molar refractivity (Wildman–Crippen MR) is 89.3 cm³/mol. The van der Waals surface area contributed by atoms with Crippen LogP contribution in [0.25, 0.3) is 0 Å². The molecule has 2 aliphatic heterocycles. The van der Waals surface area contributed by atoms with Crippen molar-refractivity contribution in [1.82, 2.24) is 9.80 Å². The van der Waals surface area contributed by atoms with Gasteiger partial charge in [0, 0.05) is 32.7 Å². The van der Waals surface area contributed by atoms with Gasteiger partial charge in [-0.2, -0.15) is 0 Å². The number of ether oxygens (including phenoxy) is 1. The van der Waals surface area contributed by atoms with E-state index in [0.717, 1.165) is 32.7 Å². The number of hydrogen-bond acceptors (Lipinski definition) is 5. The van der Waals surface area contributed by atoms with Gasteiger partial charge in [-0.25, -0.2) is 0 Å². The fraction of sp³-hybridized carbons (Fsp3) is 0.667. The molecule has 5 heteroatoms. The van der Waals surface area contributed by atoms with Crippen LogP contribution in [0, 0.1) is 6.92 Å².